The Bertz CT molecular complexity index is 661. The van der Waals surface area contributed by atoms with Gasteiger partial charge in [-0.15, -0.1) is 0 Å². The van der Waals surface area contributed by atoms with Gasteiger partial charge in [-0.05, 0) is 33.0 Å². The number of benzene rings is 1. The van der Waals surface area contributed by atoms with Crippen LogP contribution in [0.1, 0.15) is 19.9 Å². The topological polar surface area (TPSA) is 29.9 Å². The number of nitrogens with one attached hydrogen (secondary N) is 1. The maximum Gasteiger partial charge on any atom is 0.0680 e. The summed E-state index contributed by atoms with van der Waals surface area (Å²) in [6.07, 6.45) is 3.83. The molecule has 2 atom stereocenters. The molecule has 2 heterocycles. The summed E-state index contributed by atoms with van der Waals surface area (Å²) in [6.45, 7) is 4.46. The van der Waals surface area contributed by atoms with Crippen molar-refractivity contribution in [3.05, 3.63) is 42.7 Å². The fourth-order valence-electron chi connectivity index (χ4n) is 2.75. The van der Waals surface area contributed by atoms with Crippen LogP contribution in [0.4, 0.5) is 0 Å². The fourth-order valence-corrected chi connectivity index (χ4v) is 2.75. The van der Waals surface area contributed by atoms with E-state index in [1.54, 1.807) is 0 Å². The van der Waals surface area contributed by atoms with Crippen molar-refractivity contribution < 1.29 is 0 Å². The van der Waals surface area contributed by atoms with Crippen LogP contribution < -0.4 is 5.32 Å². The zero-order chi connectivity index (χ0) is 13.4. The average Bonchev–Trinajstić information content (AvgIpc) is 2.80. The molecule has 0 fully saturated rings. The Morgan fingerprint density at radius 1 is 1.05 bits per heavy atom. The zero-order valence-electron chi connectivity index (χ0n) is 11.6. The van der Waals surface area contributed by atoms with Crippen LogP contribution in [-0.4, -0.2) is 22.6 Å². The Hall–Kier alpha value is -1.87. The van der Waals surface area contributed by atoms with Crippen molar-refractivity contribution >= 4 is 21.8 Å². The minimum Gasteiger partial charge on any atom is -0.335 e. The lowest BCUT2D eigenvalue weighted by Gasteiger charge is -2.23. The van der Waals surface area contributed by atoms with Gasteiger partial charge in [0.2, 0.25) is 0 Å². The highest BCUT2D eigenvalue weighted by Gasteiger charge is 2.18. The minimum absolute atomic E-state index is 0.372. The molecule has 0 bridgehead atoms. The number of fused-ring (bicyclic) bond motifs is 3. The summed E-state index contributed by atoms with van der Waals surface area (Å²) in [5, 5.41) is 5.92. The van der Waals surface area contributed by atoms with Crippen LogP contribution in [0.3, 0.4) is 0 Å². The van der Waals surface area contributed by atoms with E-state index in [0.29, 0.717) is 12.1 Å². The van der Waals surface area contributed by atoms with Gasteiger partial charge in [0.25, 0.3) is 0 Å². The third-order valence-corrected chi connectivity index (χ3v) is 4.10. The quantitative estimate of drug-likeness (QED) is 0.775. The standard InChI is InChI=1S/C16H19N3/c1-11(17-3)12(2)19-15-7-5-4-6-13(15)14-8-9-18-10-16(14)19/h4-12,17H,1-3H3. The van der Waals surface area contributed by atoms with Gasteiger partial charge in [-0.3, -0.25) is 4.98 Å². The fraction of sp³-hybridized carbons (Fsp3) is 0.312. The van der Waals surface area contributed by atoms with E-state index in [1.807, 2.05) is 19.4 Å². The molecule has 19 heavy (non-hydrogen) atoms. The molecule has 0 saturated heterocycles. The monoisotopic (exact) mass is 253 g/mol. The maximum absolute atomic E-state index is 4.30. The van der Waals surface area contributed by atoms with Crippen molar-refractivity contribution in [3.63, 3.8) is 0 Å². The molecule has 3 nitrogen and oxygen atoms in total. The number of hydrogen-bond donors (Lipinski definition) is 1. The van der Waals surface area contributed by atoms with E-state index < -0.39 is 0 Å². The largest absolute Gasteiger partial charge is 0.335 e. The lowest BCUT2D eigenvalue weighted by atomic mass is 10.1. The van der Waals surface area contributed by atoms with E-state index in [4.69, 9.17) is 0 Å². The number of pyridine rings is 1. The normalized spacial score (nSPS) is 14.9. The van der Waals surface area contributed by atoms with E-state index in [1.165, 1.54) is 21.8 Å². The van der Waals surface area contributed by atoms with Crippen LogP contribution in [0.25, 0.3) is 21.8 Å². The first-order chi connectivity index (χ1) is 9.24. The predicted octanol–water partition coefficient (Wildman–Crippen LogP) is 3.36. The van der Waals surface area contributed by atoms with Crippen LogP contribution in [0.2, 0.25) is 0 Å². The summed E-state index contributed by atoms with van der Waals surface area (Å²) < 4.78 is 2.39. The number of hydrogen-bond acceptors (Lipinski definition) is 2. The van der Waals surface area contributed by atoms with Crippen LogP contribution in [0, 0.1) is 0 Å². The zero-order valence-corrected chi connectivity index (χ0v) is 11.6. The number of likely N-dealkylation sites (N-methyl/N-ethyl adjacent to an activating group) is 1. The first-order valence-corrected chi connectivity index (χ1v) is 6.74. The molecule has 0 aliphatic heterocycles. The van der Waals surface area contributed by atoms with Crippen molar-refractivity contribution in [2.75, 3.05) is 7.05 Å². The first kappa shape index (κ1) is 12.2. The lowest BCUT2D eigenvalue weighted by Crippen LogP contribution is -2.30. The average molecular weight is 253 g/mol. The molecule has 3 aromatic rings. The second-order valence-electron chi connectivity index (χ2n) is 5.10. The maximum atomic E-state index is 4.30. The van der Waals surface area contributed by atoms with Crippen molar-refractivity contribution in [3.8, 4) is 0 Å². The van der Waals surface area contributed by atoms with Gasteiger partial charge in [0.1, 0.15) is 0 Å². The van der Waals surface area contributed by atoms with Crippen molar-refractivity contribution in [2.24, 2.45) is 0 Å². The van der Waals surface area contributed by atoms with Gasteiger partial charge in [-0.25, -0.2) is 0 Å². The SMILES string of the molecule is CNC(C)C(C)n1c2ccccc2c2ccncc21. The second kappa shape index (κ2) is 4.67. The van der Waals surface area contributed by atoms with Crippen LogP contribution in [0.15, 0.2) is 42.7 Å². The summed E-state index contributed by atoms with van der Waals surface area (Å²) in [6, 6.07) is 11.4. The van der Waals surface area contributed by atoms with Gasteiger partial charge < -0.3 is 9.88 Å². The Kier molecular flexibility index (Phi) is 2.99. The summed E-state index contributed by atoms with van der Waals surface area (Å²) in [5.74, 6) is 0. The number of para-hydroxylation sites is 1. The Balaban J connectivity index is 2.36. The summed E-state index contributed by atoms with van der Waals surface area (Å²) in [4.78, 5) is 4.30. The molecular formula is C16H19N3. The van der Waals surface area contributed by atoms with E-state index >= 15 is 0 Å². The molecule has 0 amide bonds. The van der Waals surface area contributed by atoms with Gasteiger partial charge in [0.05, 0.1) is 11.7 Å². The Morgan fingerprint density at radius 3 is 2.58 bits per heavy atom. The van der Waals surface area contributed by atoms with E-state index in [9.17, 15) is 0 Å². The molecule has 1 N–H and O–H groups in total. The van der Waals surface area contributed by atoms with E-state index in [2.05, 4.69) is 59.0 Å². The van der Waals surface area contributed by atoms with Crippen LogP contribution in [0.5, 0.6) is 0 Å². The number of rotatable bonds is 3. The van der Waals surface area contributed by atoms with Gasteiger partial charge in [-0.1, -0.05) is 18.2 Å². The van der Waals surface area contributed by atoms with Gasteiger partial charge in [0.15, 0.2) is 0 Å². The smallest absolute Gasteiger partial charge is 0.0680 e. The highest BCUT2D eigenvalue weighted by molar-refractivity contribution is 6.07. The summed E-state index contributed by atoms with van der Waals surface area (Å²) in [7, 11) is 2.01. The molecule has 2 unspecified atom stereocenters. The third kappa shape index (κ3) is 1.81. The molecular weight excluding hydrogens is 234 g/mol. The van der Waals surface area contributed by atoms with Gasteiger partial charge in [-0.2, -0.15) is 0 Å². The molecule has 0 saturated carbocycles. The molecule has 3 rings (SSSR count). The Labute approximate surface area is 113 Å². The van der Waals surface area contributed by atoms with Crippen LogP contribution in [-0.2, 0) is 0 Å². The van der Waals surface area contributed by atoms with Crippen LogP contribution >= 0.6 is 0 Å². The van der Waals surface area contributed by atoms with Crippen molar-refractivity contribution in [2.45, 2.75) is 25.9 Å². The minimum atomic E-state index is 0.372. The molecule has 3 heteroatoms. The van der Waals surface area contributed by atoms with Crippen molar-refractivity contribution in [1.29, 1.82) is 0 Å². The highest BCUT2D eigenvalue weighted by atomic mass is 15.1. The van der Waals surface area contributed by atoms with Crippen molar-refractivity contribution in [1.82, 2.24) is 14.9 Å². The summed E-state index contributed by atoms with van der Waals surface area (Å²) in [5.41, 5.74) is 2.48. The molecule has 98 valence electrons. The molecule has 0 aliphatic rings. The molecule has 2 aromatic heterocycles. The highest BCUT2D eigenvalue weighted by Crippen LogP contribution is 2.31. The molecule has 0 aliphatic carbocycles. The summed E-state index contributed by atoms with van der Waals surface area (Å²) >= 11 is 0. The third-order valence-electron chi connectivity index (χ3n) is 4.10. The molecule has 0 spiro atoms. The molecule has 1 aromatic carbocycles. The Morgan fingerprint density at radius 2 is 1.79 bits per heavy atom. The first-order valence-electron chi connectivity index (χ1n) is 6.74. The second-order valence-corrected chi connectivity index (χ2v) is 5.10. The van der Waals surface area contributed by atoms with E-state index in [-0.39, 0.29) is 0 Å². The predicted molar refractivity (Wildman–Crippen MR) is 80.5 cm³/mol. The molecule has 0 radical (unpaired) electrons. The number of nitrogens with zero attached hydrogens (tertiary/aromatic N) is 2. The number of aromatic nitrogens is 2. The van der Waals surface area contributed by atoms with Gasteiger partial charge in [0, 0.05) is 34.6 Å². The lowest BCUT2D eigenvalue weighted by molar-refractivity contribution is 0.432. The van der Waals surface area contributed by atoms with E-state index in [0.717, 1.165) is 0 Å². The van der Waals surface area contributed by atoms with Gasteiger partial charge >= 0.3 is 0 Å².